The van der Waals surface area contributed by atoms with Crippen molar-refractivity contribution < 1.29 is 9.72 Å². The van der Waals surface area contributed by atoms with Crippen LogP contribution in [0.5, 0.6) is 0 Å². The molecule has 0 aromatic heterocycles. The fourth-order valence-electron chi connectivity index (χ4n) is 2.99. The van der Waals surface area contributed by atoms with Gasteiger partial charge in [0, 0.05) is 31.4 Å². The molecule has 2 aromatic rings. The van der Waals surface area contributed by atoms with Gasteiger partial charge < -0.3 is 10.2 Å². The molecule has 0 heterocycles. The molecule has 0 fully saturated rings. The maximum absolute atomic E-state index is 12.0. The predicted octanol–water partition coefficient (Wildman–Crippen LogP) is 3.15. The minimum absolute atomic E-state index is 0.0211. The first-order valence-electron chi connectivity index (χ1n) is 8.78. The van der Waals surface area contributed by atoms with Crippen LogP contribution in [0.15, 0.2) is 35.4 Å². The molecule has 8 nitrogen and oxygen atoms in total. The summed E-state index contributed by atoms with van der Waals surface area (Å²) in [5, 5.41) is 18.2. The van der Waals surface area contributed by atoms with Crippen molar-refractivity contribution in [2.75, 3.05) is 30.9 Å². The van der Waals surface area contributed by atoms with Gasteiger partial charge in [-0.2, -0.15) is 5.10 Å². The fraction of sp³-hybridized carbons (Fsp3) is 0.300. The van der Waals surface area contributed by atoms with Crippen LogP contribution in [-0.2, 0) is 4.79 Å². The first-order chi connectivity index (χ1) is 13.2. The van der Waals surface area contributed by atoms with Crippen LogP contribution in [-0.4, -0.2) is 37.7 Å². The molecule has 28 heavy (non-hydrogen) atoms. The molecular weight excluding hydrogens is 358 g/mol. The lowest BCUT2D eigenvalue weighted by atomic mass is 10.1. The van der Waals surface area contributed by atoms with Crippen LogP contribution in [0.25, 0.3) is 0 Å². The van der Waals surface area contributed by atoms with E-state index in [-0.39, 0.29) is 18.1 Å². The Balaban J connectivity index is 1.98. The number of aryl methyl sites for hydroxylation is 3. The lowest BCUT2D eigenvalue weighted by Crippen LogP contribution is -2.26. The Labute approximate surface area is 164 Å². The van der Waals surface area contributed by atoms with Gasteiger partial charge in [0.2, 0.25) is 0 Å². The second kappa shape index (κ2) is 8.98. The predicted molar refractivity (Wildman–Crippen MR) is 112 cm³/mol. The highest BCUT2D eigenvalue weighted by Crippen LogP contribution is 2.27. The van der Waals surface area contributed by atoms with Crippen molar-refractivity contribution in [1.29, 1.82) is 0 Å². The number of hydrazone groups is 1. The van der Waals surface area contributed by atoms with Crippen LogP contribution in [0.4, 0.5) is 17.1 Å². The van der Waals surface area contributed by atoms with Gasteiger partial charge in [-0.1, -0.05) is 23.8 Å². The molecule has 0 aliphatic carbocycles. The summed E-state index contributed by atoms with van der Waals surface area (Å²) in [7, 11) is 3.47. The molecular formula is C20H25N5O3. The van der Waals surface area contributed by atoms with Crippen molar-refractivity contribution in [2.24, 2.45) is 5.10 Å². The summed E-state index contributed by atoms with van der Waals surface area (Å²) in [6.45, 7) is 6.08. The van der Waals surface area contributed by atoms with E-state index < -0.39 is 4.92 Å². The number of carbonyl (C=O) groups is 1. The van der Waals surface area contributed by atoms with E-state index in [4.69, 9.17) is 0 Å². The molecule has 0 aliphatic heterocycles. The van der Waals surface area contributed by atoms with Gasteiger partial charge in [0.1, 0.15) is 5.69 Å². The van der Waals surface area contributed by atoms with Crippen LogP contribution in [0.3, 0.4) is 0 Å². The van der Waals surface area contributed by atoms with Gasteiger partial charge in [-0.15, -0.1) is 0 Å². The molecule has 0 unspecified atom stereocenters. The van der Waals surface area contributed by atoms with Crippen molar-refractivity contribution in [3.05, 3.63) is 62.7 Å². The Hall–Kier alpha value is -3.42. The third-order valence-electron chi connectivity index (χ3n) is 4.18. The molecule has 8 heteroatoms. The molecule has 2 N–H and O–H groups in total. The third kappa shape index (κ3) is 5.29. The lowest BCUT2D eigenvalue weighted by Gasteiger charge is -2.13. The number of nitro benzene ring substituents is 1. The number of nitro groups is 1. The number of nitrogens with one attached hydrogen (secondary N) is 2. The fourth-order valence-corrected chi connectivity index (χ4v) is 2.99. The third-order valence-corrected chi connectivity index (χ3v) is 4.18. The number of benzene rings is 2. The summed E-state index contributed by atoms with van der Waals surface area (Å²) < 4.78 is 0. The molecule has 1 amide bonds. The summed E-state index contributed by atoms with van der Waals surface area (Å²) in [5.41, 5.74) is 7.67. The molecule has 0 aliphatic rings. The first-order valence-corrected chi connectivity index (χ1v) is 8.78. The Kier molecular flexibility index (Phi) is 6.70. The summed E-state index contributed by atoms with van der Waals surface area (Å²) in [6, 6.07) is 8.87. The Morgan fingerprint density at radius 1 is 1.18 bits per heavy atom. The zero-order valence-electron chi connectivity index (χ0n) is 16.7. The van der Waals surface area contributed by atoms with Crippen LogP contribution in [0, 0.1) is 30.9 Å². The van der Waals surface area contributed by atoms with Crippen molar-refractivity contribution >= 4 is 29.2 Å². The summed E-state index contributed by atoms with van der Waals surface area (Å²) in [4.78, 5) is 24.5. The molecule has 2 aromatic carbocycles. The maximum Gasteiger partial charge on any atom is 0.293 e. The Morgan fingerprint density at radius 3 is 2.39 bits per heavy atom. The number of hydrogen-bond donors (Lipinski definition) is 2. The number of anilines is 2. The molecule has 0 spiro atoms. The van der Waals surface area contributed by atoms with E-state index in [1.165, 1.54) is 17.8 Å². The summed E-state index contributed by atoms with van der Waals surface area (Å²) in [6.07, 6.45) is 1.38. The minimum Gasteiger partial charge on any atom is -0.376 e. The number of amides is 1. The lowest BCUT2D eigenvalue weighted by molar-refractivity contribution is -0.384. The molecule has 0 saturated heterocycles. The highest BCUT2D eigenvalue weighted by atomic mass is 16.6. The number of nitrogens with zero attached hydrogens (tertiary/aromatic N) is 3. The second-order valence-electron chi connectivity index (χ2n) is 6.82. The maximum atomic E-state index is 12.0. The zero-order chi connectivity index (χ0) is 20.8. The van der Waals surface area contributed by atoms with Gasteiger partial charge in [-0.3, -0.25) is 14.9 Å². The van der Waals surface area contributed by atoms with Crippen LogP contribution in [0.2, 0.25) is 0 Å². The molecule has 148 valence electrons. The van der Waals surface area contributed by atoms with E-state index in [2.05, 4.69) is 28.0 Å². The van der Waals surface area contributed by atoms with E-state index in [0.29, 0.717) is 11.3 Å². The number of carbonyl (C=O) groups excluding carboxylic acids is 1. The normalized spacial score (nSPS) is 10.8. The first kappa shape index (κ1) is 20.9. The highest BCUT2D eigenvalue weighted by molar-refractivity contribution is 5.86. The highest BCUT2D eigenvalue weighted by Gasteiger charge is 2.15. The van der Waals surface area contributed by atoms with E-state index in [1.807, 2.05) is 20.8 Å². The van der Waals surface area contributed by atoms with E-state index in [1.54, 1.807) is 31.1 Å². The topological polar surface area (TPSA) is 99.9 Å². The van der Waals surface area contributed by atoms with Gasteiger partial charge >= 0.3 is 0 Å². The van der Waals surface area contributed by atoms with Crippen LogP contribution < -0.4 is 15.6 Å². The Bertz CT molecular complexity index is 899. The van der Waals surface area contributed by atoms with Gasteiger partial charge in [0.15, 0.2) is 0 Å². The number of rotatable bonds is 7. The molecule has 2 rings (SSSR count). The average Bonchev–Trinajstić information content (AvgIpc) is 2.60. The van der Waals surface area contributed by atoms with Crippen molar-refractivity contribution in [1.82, 2.24) is 5.43 Å². The SMILES string of the molecule is Cc1cc(C)c(NCC(=O)N/N=C\c2ccc(N(C)C)c([N+](=O)[O-])c2)c(C)c1. The summed E-state index contributed by atoms with van der Waals surface area (Å²) >= 11 is 0. The molecule has 0 saturated carbocycles. The standard InChI is InChI=1S/C20H25N5O3/c1-13-8-14(2)20(15(3)9-13)21-12-19(26)23-22-11-16-6-7-17(24(4)5)18(10-16)25(27)28/h6-11,21H,12H2,1-5H3,(H,23,26)/b22-11-. The molecule has 0 radical (unpaired) electrons. The van der Waals surface area contributed by atoms with Crippen molar-refractivity contribution in [2.45, 2.75) is 20.8 Å². The molecule has 0 atom stereocenters. The van der Waals surface area contributed by atoms with Gasteiger partial charge in [-0.05, 0) is 38.0 Å². The van der Waals surface area contributed by atoms with Crippen molar-refractivity contribution in [3.8, 4) is 0 Å². The van der Waals surface area contributed by atoms with E-state index in [9.17, 15) is 14.9 Å². The minimum atomic E-state index is -0.443. The summed E-state index contributed by atoms with van der Waals surface area (Å²) in [5.74, 6) is -0.310. The average molecular weight is 383 g/mol. The monoisotopic (exact) mass is 383 g/mol. The Morgan fingerprint density at radius 2 is 1.82 bits per heavy atom. The molecule has 0 bridgehead atoms. The smallest absolute Gasteiger partial charge is 0.293 e. The zero-order valence-corrected chi connectivity index (χ0v) is 16.7. The second-order valence-corrected chi connectivity index (χ2v) is 6.82. The van der Waals surface area contributed by atoms with Gasteiger partial charge in [0.05, 0.1) is 17.7 Å². The van der Waals surface area contributed by atoms with E-state index >= 15 is 0 Å². The van der Waals surface area contributed by atoms with Gasteiger partial charge in [0.25, 0.3) is 11.6 Å². The number of hydrogen-bond acceptors (Lipinski definition) is 6. The van der Waals surface area contributed by atoms with Crippen LogP contribution in [0.1, 0.15) is 22.3 Å². The quantitative estimate of drug-likeness (QED) is 0.435. The van der Waals surface area contributed by atoms with Crippen molar-refractivity contribution in [3.63, 3.8) is 0 Å². The van der Waals surface area contributed by atoms with Gasteiger partial charge in [-0.25, -0.2) is 5.43 Å². The van der Waals surface area contributed by atoms with Crippen LogP contribution >= 0.6 is 0 Å². The van der Waals surface area contributed by atoms with E-state index in [0.717, 1.165) is 16.8 Å². The largest absolute Gasteiger partial charge is 0.376 e.